The van der Waals surface area contributed by atoms with Crippen LogP contribution in [0.1, 0.15) is 26.7 Å². The van der Waals surface area contributed by atoms with E-state index in [-0.39, 0.29) is 0 Å². The molecule has 0 bridgehead atoms. The molecular weight excluding hydrogens is 282 g/mol. The van der Waals surface area contributed by atoms with Crippen molar-refractivity contribution in [1.29, 1.82) is 0 Å². The van der Waals surface area contributed by atoms with Gasteiger partial charge in [0.2, 0.25) is 0 Å². The number of hydrogen-bond acceptors (Lipinski definition) is 3. The Hall–Kier alpha value is -1.75. The summed E-state index contributed by atoms with van der Waals surface area (Å²) in [5.74, 6) is -1.14. The molecule has 2 atom stereocenters. The maximum Gasteiger partial charge on any atom is 0.326 e. The van der Waals surface area contributed by atoms with Crippen molar-refractivity contribution in [3.63, 3.8) is 0 Å². The van der Waals surface area contributed by atoms with Crippen LogP contribution in [0.25, 0.3) is 0 Å². The van der Waals surface area contributed by atoms with Crippen molar-refractivity contribution in [3.05, 3.63) is 29.3 Å². The molecule has 110 valence electrons. The summed E-state index contributed by atoms with van der Waals surface area (Å²) in [5.41, 5.74) is 0. The number of para-hydroxylation sites is 1. The van der Waals surface area contributed by atoms with Gasteiger partial charge in [-0.05, 0) is 25.5 Å². The van der Waals surface area contributed by atoms with Gasteiger partial charge in [0.1, 0.15) is 11.8 Å². The molecule has 0 fully saturated rings. The molecule has 1 aromatic carbocycles. The first-order chi connectivity index (χ1) is 9.45. The monoisotopic (exact) mass is 299 g/mol. The Morgan fingerprint density at radius 3 is 2.60 bits per heavy atom. The minimum atomic E-state index is -1.05. The molecule has 6 heteroatoms. The van der Waals surface area contributed by atoms with E-state index in [0.717, 1.165) is 0 Å². The van der Waals surface area contributed by atoms with Gasteiger partial charge in [0.25, 0.3) is 5.91 Å². The Morgan fingerprint density at radius 1 is 1.40 bits per heavy atom. The topological polar surface area (TPSA) is 75.6 Å². The number of carbonyl (C=O) groups excluding carboxylic acids is 1. The zero-order valence-corrected chi connectivity index (χ0v) is 12.2. The van der Waals surface area contributed by atoms with Gasteiger partial charge >= 0.3 is 5.97 Å². The SMILES string of the molecule is CCCC(NC(=O)C(C)Oc1ccccc1Cl)C(=O)O. The first-order valence-electron chi connectivity index (χ1n) is 6.40. The molecule has 1 amide bonds. The summed E-state index contributed by atoms with van der Waals surface area (Å²) >= 11 is 5.93. The lowest BCUT2D eigenvalue weighted by atomic mass is 10.1. The van der Waals surface area contributed by atoms with E-state index >= 15 is 0 Å². The lowest BCUT2D eigenvalue weighted by Crippen LogP contribution is -2.46. The minimum absolute atomic E-state index is 0.375. The second-order valence-electron chi connectivity index (χ2n) is 4.38. The number of aliphatic carboxylic acids is 1. The van der Waals surface area contributed by atoms with Crippen LogP contribution in [0.2, 0.25) is 5.02 Å². The van der Waals surface area contributed by atoms with Crippen molar-refractivity contribution in [2.24, 2.45) is 0 Å². The van der Waals surface area contributed by atoms with Crippen molar-refractivity contribution < 1.29 is 19.4 Å². The molecule has 2 N–H and O–H groups in total. The third kappa shape index (κ3) is 4.74. The molecule has 0 heterocycles. The smallest absolute Gasteiger partial charge is 0.326 e. The van der Waals surface area contributed by atoms with Crippen molar-refractivity contribution in [2.45, 2.75) is 38.8 Å². The standard InChI is InChI=1S/C14H18ClNO4/c1-3-6-11(14(18)19)16-13(17)9(2)20-12-8-5-4-7-10(12)15/h4-5,7-9,11H,3,6H2,1-2H3,(H,16,17)(H,18,19). The van der Waals surface area contributed by atoms with Gasteiger partial charge in [-0.1, -0.05) is 37.1 Å². The number of carboxylic acids is 1. The van der Waals surface area contributed by atoms with E-state index in [0.29, 0.717) is 23.6 Å². The van der Waals surface area contributed by atoms with Crippen LogP contribution in [-0.2, 0) is 9.59 Å². The fraction of sp³-hybridized carbons (Fsp3) is 0.429. The summed E-state index contributed by atoms with van der Waals surface area (Å²) in [6.45, 7) is 3.40. The second kappa shape index (κ2) is 7.75. The Bertz CT molecular complexity index is 478. The second-order valence-corrected chi connectivity index (χ2v) is 4.79. The lowest BCUT2D eigenvalue weighted by molar-refractivity contribution is -0.143. The normalized spacial score (nSPS) is 13.3. The minimum Gasteiger partial charge on any atom is -0.480 e. The van der Waals surface area contributed by atoms with Gasteiger partial charge < -0.3 is 15.2 Å². The van der Waals surface area contributed by atoms with Gasteiger partial charge in [-0.25, -0.2) is 4.79 Å². The van der Waals surface area contributed by atoms with Crippen LogP contribution in [0.4, 0.5) is 0 Å². The third-order valence-electron chi connectivity index (χ3n) is 2.70. The number of ether oxygens (including phenoxy) is 1. The summed E-state index contributed by atoms with van der Waals surface area (Å²) < 4.78 is 5.43. The van der Waals surface area contributed by atoms with E-state index in [2.05, 4.69) is 5.32 Å². The van der Waals surface area contributed by atoms with E-state index < -0.39 is 24.0 Å². The molecule has 0 aromatic heterocycles. The Kier molecular flexibility index (Phi) is 6.31. The molecule has 1 aromatic rings. The van der Waals surface area contributed by atoms with Crippen LogP contribution in [0, 0.1) is 0 Å². The average molecular weight is 300 g/mol. The Balaban J connectivity index is 2.63. The maximum absolute atomic E-state index is 11.9. The highest BCUT2D eigenvalue weighted by Gasteiger charge is 2.23. The molecule has 1 rings (SSSR count). The number of carboxylic acid groups (broad SMARTS) is 1. The average Bonchev–Trinajstić information content (AvgIpc) is 2.40. The van der Waals surface area contributed by atoms with Crippen LogP contribution >= 0.6 is 11.6 Å². The predicted octanol–water partition coefficient (Wildman–Crippen LogP) is 2.48. The van der Waals surface area contributed by atoms with E-state index in [1.165, 1.54) is 0 Å². The number of benzene rings is 1. The molecule has 0 saturated heterocycles. The highest BCUT2D eigenvalue weighted by molar-refractivity contribution is 6.32. The zero-order valence-electron chi connectivity index (χ0n) is 11.4. The van der Waals surface area contributed by atoms with Gasteiger partial charge in [-0.15, -0.1) is 0 Å². The Morgan fingerprint density at radius 2 is 2.05 bits per heavy atom. The van der Waals surface area contributed by atoms with Gasteiger partial charge in [-0.3, -0.25) is 4.79 Å². The zero-order chi connectivity index (χ0) is 15.1. The predicted molar refractivity (Wildman–Crippen MR) is 76.0 cm³/mol. The first kappa shape index (κ1) is 16.3. The summed E-state index contributed by atoms with van der Waals surface area (Å²) in [6.07, 6.45) is 0.213. The van der Waals surface area contributed by atoms with Crippen LogP contribution in [0.15, 0.2) is 24.3 Å². The highest BCUT2D eigenvalue weighted by atomic mass is 35.5. The van der Waals surface area contributed by atoms with Gasteiger partial charge in [-0.2, -0.15) is 0 Å². The summed E-state index contributed by atoms with van der Waals surface area (Å²) in [6, 6.07) is 5.89. The van der Waals surface area contributed by atoms with Gasteiger partial charge in [0.15, 0.2) is 6.10 Å². The molecule has 0 saturated carbocycles. The summed E-state index contributed by atoms with van der Waals surface area (Å²) in [4.78, 5) is 22.9. The molecule has 2 unspecified atom stereocenters. The molecule has 0 aliphatic rings. The van der Waals surface area contributed by atoms with E-state index in [1.54, 1.807) is 31.2 Å². The van der Waals surface area contributed by atoms with Crippen LogP contribution in [0.5, 0.6) is 5.75 Å². The largest absolute Gasteiger partial charge is 0.480 e. The number of hydrogen-bond donors (Lipinski definition) is 2. The molecule has 20 heavy (non-hydrogen) atoms. The maximum atomic E-state index is 11.9. The van der Waals surface area contributed by atoms with E-state index in [1.807, 2.05) is 6.92 Å². The van der Waals surface area contributed by atoms with Crippen molar-refractivity contribution in [2.75, 3.05) is 0 Å². The Labute approximate surface area is 122 Å². The molecule has 0 spiro atoms. The number of amides is 1. The number of halogens is 1. The quantitative estimate of drug-likeness (QED) is 0.811. The van der Waals surface area contributed by atoms with Crippen molar-refractivity contribution in [3.8, 4) is 5.75 Å². The van der Waals surface area contributed by atoms with E-state index in [9.17, 15) is 9.59 Å². The number of carbonyl (C=O) groups is 2. The van der Waals surface area contributed by atoms with Gasteiger partial charge in [0.05, 0.1) is 5.02 Å². The fourth-order valence-corrected chi connectivity index (χ4v) is 1.80. The molecule has 0 aliphatic carbocycles. The van der Waals surface area contributed by atoms with Gasteiger partial charge in [0, 0.05) is 0 Å². The highest BCUT2D eigenvalue weighted by Crippen LogP contribution is 2.24. The first-order valence-corrected chi connectivity index (χ1v) is 6.77. The van der Waals surface area contributed by atoms with Crippen LogP contribution in [-0.4, -0.2) is 29.1 Å². The van der Waals surface area contributed by atoms with E-state index in [4.69, 9.17) is 21.4 Å². The van der Waals surface area contributed by atoms with Crippen LogP contribution < -0.4 is 10.1 Å². The molecule has 0 aliphatic heterocycles. The number of nitrogens with one attached hydrogen (secondary N) is 1. The summed E-state index contributed by atoms with van der Waals surface area (Å²) in [5, 5.41) is 11.8. The third-order valence-corrected chi connectivity index (χ3v) is 3.01. The van der Waals surface area contributed by atoms with Crippen LogP contribution in [0.3, 0.4) is 0 Å². The molecule has 5 nitrogen and oxygen atoms in total. The number of rotatable bonds is 7. The molecular formula is C14H18ClNO4. The van der Waals surface area contributed by atoms with Crippen molar-refractivity contribution in [1.82, 2.24) is 5.32 Å². The van der Waals surface area contributed by atoms with Crippen molar-refractivity contribution >= 4 is 23.5 Å². The summed E-state index contributed by atoms with van der Waals surface area (Å²) in [7, 11) is 0. The fourth-order valence-electron chi connectivity index (χ4n) is 1.62. The molecule has 0 radical (unpaired) electrons. The lowest BCUT2D eigenvalue weighted by Gasteiger charge is -2.19.